The van der Waals surface area contributed by atoms with Gasteiger partial charge in [-0.3, -0.25) is 9.69 Å². The number of carbonyl (C=O) groups is 1. The minimum Gasteiger partial charge on any atom is -0.379 e. The molecule has 24 heavy (non-hydrogen) atoms. The molecule has 0 radical (unpaired) electrons. The number of hydrogen-bond acceptors (Lipinski definition) is 3. The topological polar surface area (TPSA) is 32.8 Å². The van der Waals surface area contributed by atoms with Crippen molar-refractivity contribution in [3.63, 3.8) is 0 Å². The molecule has 0 aliphatic carbocycles. The second-order valence-corrected chi connectivity index (χ2v) is 6.97. The SMILES string of the molecule is O=C(CCN1CCOCC1)N1CCCC[C@@H]1CCc1ccccc1. The molecular formula is C20H30N2O2. The zero-order valence-electron chi connectivity index (χ0n) is 14.7. The Hall–Kier alpha value is -1.39. The second-order valence-electron chi connectivity index (χ2n) is 6.97. The van der Waals surface area contributed by atoms with Crippen molar-refractivity contribution in [1.29, 1.82) is 0 Å². The molecule has 1 atom stereocenters. The van der Waals surface area contributed by atoms with Crippen molar-refractivity contribution in [3.8, 4) is 0 Å². The van der Waals surface area contributed by atoms with Crippen LogP contribution in [0.1, 0.15) is 37.7 Å². The van der Waals surface area contributed by atoms with Crippen molar-refractivity contribution in [2.45, 2.75) is 44.6 Å². The molecule has 2 aliphatic heterocycles. The van der Waals surface area contributed by atoms with Crippen LogP contribution < -0.4 is 0 Å². The zero-order chi connectivity index (χ0) is 16.6. The van der Waals surface area contributed by atoms with Gasteiger partial charge in [-0.15, -0.1) is 0 Å². The molecule has 0 aromatic heterocycles. The predicted octanol–water partition coefficient (Wildman–Crippen LogP) is 2.72. The molecule has 2 saturated heterocycles. The van der Waals surface area contributed by atoms with E-state index in [2.05, 4.69) is 40.1 Å². The molecular weight excluding hydrogens is 300 g/mol. The third-order valence-corrected chi connectivity index (χ3v) is 5.30. The highest BCUT2D eigenvalue weighted by atomic mass is 16.5. The fraction of sp³-hybridized carbons (Fsp3) is 0.650. The smallest absolute Gasteiger partial charge is 0.224 e. The molecule has 0 N–H and O–H groups in total. The van der Waals surface area contributed by atoms with Crippen molar-refractivity contribution in [2.24, 2.45) is 0 Å². The Balaban J connectivity index is 1.48. The maximum absolute atomic E-state index is 12.7. The van der Waals surface area contributed by atoms with Gasteiger partial charge in [-0.25, -0.2) is 0 Å². The quantitative estimate of drug-likeness (QED) is 0.804. The number of nitrogens with zero attached hydrogens (tertiary/aromatic N) is 2. The van der Waals surface area contributed by atoms with Crippen LogP contribution in [0.4, 0.5) is 0 Å². The maximum atomic E-state index is 12.7. The van der Waals surface area contributed by atoms with Crippen LogP contribution in [0, 0.1) is 0 Å². The van der Waals surface area contributed by atoms with Crippen molar-refractivity contribution < 1.29 is 9.53 Å². The summed E-state index contributed by atoms with van der Waals surface area (Å²) in [6.45, 7) is 5.36. The van der Waals surface area contributed by atoms with Crippen molar-refractivity contribution >= 4 is 5.91 Å². The third-order valence-electron chi connectivity index (χ3n) is 5.30. The molecule has 2 aliphatic rings. The van der Waals surface area contributed by atoms with Crippen LogP contribution in [0.2, 0.25) is 0 Å². The van der Waals surface area contributed by atoms with Gasteiger partial charge in [-0.05, 0) is 37.7 Å². The molecule has 4 heteroatoms. The average molecular weight is 330 g/mol. The first-order valence-corrected chi connectivity index (χ1v) is 9.46. The fourth-order valence-corrected chi connectivity index (χ4v) is 3.83. The van der Waals surface area contributed by atoms with E-state index in [-0.39, 0.29) is 0 Å². The van der Waals surface area contributed by atoms with Crippen LogP contribution in [-0.4, -0.2) is 61.1 Å². The number of piperidine rings is 1. The van der Waals surface area contributed by atoms with E-state index in [9.17, 15) is 4.79 Å². The van der Waals surface area contributed by atoms with Crippen molar-refractivity contribution in [3.05, 3.63) is 35.9 Å². The number of ether oxygens (including phenoxy) is 1. The van der Waals surface area contributed by atoms with E-state index in [0.717, 1.165) is 65.1 Å². The lowest BCUT2D eigenvalue weighted by Gasteiger charge is -2.37. The first-order valence-electron chi connectivity index (χ1n) is 9.46. The van der Waals surface area contributed by atoms with Gasteiger partial charge in [0.05, 0.1) is 13.2 Å². The highest BCUT2D eigenvalue weighted by Crippen LogP contribution is 2.22. The highest BCUT2D eigenvalue weighted by Gasteiger charge is 2.26. The number of hydrogen-bond donors (Lipinski definition) is 0. The molecule has 0 unspecified atom stereocenters. The number of rotatable bonds is 6. The fourth-order valence-electron chi connectivity index (χ4n) is 3.83. The minimum atomic E-state index is 0.347. The standard InChI is InChI=1S/C20H30N2O2/c23-20(11-13-21-14-16-24-17-15-21)22-12-5-4-8-19(22)10-9-18-6-2-1-3-7-18/h1-3,6-7,19H,4-5,8-17H2/t19-/m1/s1. The van der Waals surface area contributed by atoms with E-state index in [1.807, 2.05) is 0 Å². The highest BCUT2D eigenvalue weighted by molar-refractivity contribution is 5.76. The lowest BCUT2D eigenvalue weighted by molar-refractivity contribution is -0.135. The zero-order valence-corrected chi connectivity index (χ0v) is 14.7. The molecule has 132 valence electrons. The normalized spacial score (nSPS) is 22.5. The Kier molecular flexibility index (Phi) is 6.67. The average Bonchev–Trinajstić information content (AvgIpc) is 2.66. The maximum Gasteiger partial charge on any atom is 0.224 e. The Morgan fingerprint density at radius 3 is 2.67 bits per heavy atom. The summed E-state index contributed by atoms with van der Waals surface area (Å²) in [6.07, 6.45) is 6.39. The minimum absolute atomic E-state index is 0.347. The summed E-state index contributed by atoms with van der Waals surface area (Å²) < 4.78 is 5.38. The summed E-state index contributed by atoms with van der Waals surface area (Å²) in [5.74, 6) is 0.347. The molecule has 1 aromatic carbocycles. The van der Waals surface area contributed by atoms with E-state index in [1.165, 1.54) is 12.0 Å². The van der Waals surface area contributed by atoms with Crippen LogP contribution in [-0.2, 0) is 16.0 Å². The van der Waals surface area contributed by atoms with E-state index in [1.54, 1.807) is 0 Å². The van der Waals surface area contributed by atoms with Gasteiger partial charge in [0.2, 0.25) is 5.91 Å². The van der Waals surface area contributed by atoms with Gasteiger partial charge in [0, 0.05) is 38.6 Å². The second kappa shape index (κ2) is 9.19. The van der Waals surface area contributed by atoms with E-state index < -0.39 is 0 Å². The van der Waals surface area contributed by atoms with Gasteiger partial charge >= 0.3 is 0 Å². The number of morpholine rings is 1. The molecule has 3 rings (SSSR count). The van der Waals surface area contributed by atoms with Crippen LogP contribution in [0.25, 0.3) is 0 Å². The van der Waals surface area contributed by atoms with Gasteiger partial charge in [-0.1, -0.05) is 30.3 Å². The van der Waals surface area contributed by atoms with Crippen LogP contribution in [0.3, 0.4) is 0 Å². The number of benzene rings is 1. The molecule has 0 saturated carbocycles. The molecule has 4 nitrogen and oxygen atoms in total. The first-order chi connectivity index (χ1) is 11.8. The molecule has 2 fully saturated rings. The Morgan fingerprint density at radius 2 is 1.88 bits per heavy atom. The lowest BCUT2D eigenvalue weighted by atomic mass is 9.95. The molecule has 0 bridgehead atoms. The summed E-state index contributed by atoms with van der Waals surface area (Å²) in [4.78, 5) is 17.3. The Morgan fingerprint density at radius 1 is 1.08 bits per heavy atom. The molecule has 0 spiro atoms. The first kappa shape index (κ1) is 17.4. The van der Waals surface area contributed by atoms with Crippen LogP contribution in [0.15, 0.2) is 30.3 Å². The summed E-state index contributed by atoms with van der Waals surface area (Å²) in [5, 5.41) is 0. The molecule has 1 aromatic rings. The predicted molar refractivity (Wildman–Crippen MR) is 96.0 cm³/mol. The van der Waals surface area contributed by atoms with Gasteiger partial charge in [0.25, 0.3) is 0 Å². The van der Waals surface area contributed by atoms with Gasteiger partial charge in [-0.2, -0.15) is 0 Å². The summed E-state index contributed by atoms with van der Waals surface area (Å²) in [6, 6.07) is 11.1. The number of likely N-dealkylation sites (tertiary alicyclic amines) is 1. The number of amides is 1. The monoisotopic (exact) mass is 330 g/mol. The van der Waals surface area contributed by atoms with Crippen molar-refractivity contribution in [2.75, 3.05) is 39.4 Å². The lowest BCUT2D eigenvalue weighted by Crippen LogP contribution is -2.45. The summed E-state index contributed by atoms with van der Waals surface area (Å²) >= 11 is 0. The van der Waals surface area contributed by atoms with E-state index in [4.69, 9.17) is 4.74 Å². The number of aryl methyl sites for hydroxylation is 1. The molecule has 2 heterocycles. The Labute approximate surface area is 145 Å². The Bertz CT molecular complexity index is 500. The van der Waals surface area contributed by atoms with Gasteiger partial charge in [0.1, 0.15) is 0 Å². The largest absolute Gasteiger partial charge is 0.379 e. The number of carbonyl (C=O) groups excluding carboxylic acids is 1. The molecule has 1 amide bonds. The summed E-state index contributed by atoms with van der Waals surface area (Å²) in [7, 11) is 0. The van der Waals surface area contributed by atoms with Gasteiger partial charge in [0.15, 0.2) is 0 Å². The van der Waals surface area contributed by atoms with E-state index >= 15 is 0 Å². The summed E-state index contributed by atoms with van der Waals surface area (Å²) in [5.41, 5.74) is 1.38. The van der Waals surface area contributed by atoms with Crippen LogP contribution in [0.5, 0.6) is 0 Å². The van der Waals surface area contributed by atoms with E-state index in [0.29, 0.717) is 18.4 Å². The van der Waals surface area contributed by atoms with Crippen molar-refractivity contribution in [1.82, 2.24) is 9.80 Å². The third kappa shape index (κ3) is 5.05. The van der Waals surface area contributed by atoms with Crippen LogP contribution >= 0.6 is 0 Å². The van der Waals surface area contributed by atoms with Gasteiger partial charge < -0.3 is 9.64 Å².